The average molecular weight is 348 g/mol. The summed E-state index contributed by atoms with van der Waals surface area (Å²) < 4.78 is 1.10. The molecule has 1 aromatic rings. The summed E-state index contributed by atoms with van der Waals surface area (Å²) in [6.45, 7) is 1.15. The van der Waals surface area contributed by atoms with Gasteiger partial charge in [-0.25, -0.2) is 0 Å². The Balaban J connectivity index is 2.25. The van der Waals surface area contributed by atoms with Gasteiger partial charge in [-0.1, -0.05) is 28.8 Å². The lowest BCUT2D eigenvalue weighted by atomic mass is 10.1. The van der Waals surface area contributed by atoms with E-state index in [-0.39, 0.29) is 0 Å². The molecular formula is C12H16Br2N2. The first-order valence-electron chi connectivity index (χ1n) is 5.75. The van der Waals surface area contributed by atoms with E-state index in [1.807, 2.05) is 12.4 Å². The van der Waals surface area contributed by atoms with Crippen molar-refractivity contribution < 1.29 is 0 Å². The molecule has 0 N–H and O–H groups in total. The molecule has 0 radical (unpaired) electrons. The van der Waals surface area contributed by atoms with E-state index >= 15 is 0 Å². The maximum absolute atomic E-state index is 4.13. The summed E-state index contributed by atoms with van der Waals surface area (Å²) in [6, 6.07) is 2.71. The fourth-order valence-corrected chi connectivity index (χ4v) is 3.41. The molecule has 1 aliphatic heterocycles. The van der Waals surface area contributed by atoms with Gasteiger partial charge in [0.2, 0.25) is 0 Å². The highest BCUT2D eigenvalue weighted by atomic mass is 79.9. The van der Waals surface area contributed by atoms with Crippen LogP contribution >= 0.6 is 31.9 Å². The van der Waals surface area contributed by atoms with Crippen LogP contribution in [-0.4, -0.2) is 22.9 Å². The van der Waals surface area contributed by atoms with Gasteiger partial charge in [-0.05, 0) is 34.8 Å². The molecule has 0 aliphatic carbocycles. The van der Waals surface area contributed by atoms with Crippen LogP contribution in [-0.2, 0) is 0 Å². The summed E-state index contributed by atoms with van der Waals surface area (Å²) in [7, 11) is 0. The second-order valence-corrected chi connectivity index (χ2v) is 5.68. The lowest BCUT2D eigenvalue weighted by molar-refractivity contribution is 0.625. The number of hydrogen-bond acceptors (Lipinski definition) is 2. The van der Waals surface area contributed by atoms with Crippen molar-refractivity contribution in [2.24, 2.45) is 0 Å². The molecular weight excluding hydrogens is 332 g/mol. The Kier molecular flexibility index (Phi) is 4.65. The minimum absolute atomic E-state index is 0.612. The third-order valence-electron chi connectivity index (χ3n) is 3.12. The van der Waals surface area contributed by atoms with E-state index in [0.29, 0.717) is 6.04 Å². The fraction of sp³-hybridized carbons (Fsp3) is 0.583. The van der Waals surface area contributed by atoms with Crippen LogP contribution in [0.15, 0.2) is 22.9 Å². The van der Waals surface area contributed by atoms with Crippen molar-refractivity contribution in [3.05, 3.63) is 22.9 Å². The number of hydrogen-bond donors (Lipinski definition) is 0. The zero-order valence-electron chi connectivity index (χ0n) is 9.20. The van der Waals surface area contributed by atoms with Gasteiger partial charge < -0.3 is 4.90 Å². The second-order valence-electron chi connectivity index (χ2n) is 4.18. The second kappa shape index (κ2) is 6.01. The Morgan fingerprint density at radius 1 is 1.38 bits per heavy atom. The third-order valence-corrected chi connectivity index (χ3v) is 4.47. The Bertz CT molecular complexity index is 344. The number of nitrogens with zero attached hydrogens (tertiary/aromatic N) is 2. The summed E-state index contributed by atoms with van der Waals surface area (Å²) in [5.74, 6) is 0. The predicted molar refractivity (Wildman–Crippen MR) is 75.3 cm³/mol. The van der Waals surface area contributed by atoms with Crippen LogP contribution in [0.25, 0.3) is 0 Å². The van der Waals surface area contributed by atoms with Gasteiger partial charge in [0, 0.05) is 30.3 Å². The van der Waals surface area contributed by atoms with Gasteiger partial charge in [-0.2, -0.15) is 0 Å². The Morgan fingerprint density at radius 3 is 3.00 bits per heavy atom. The van der Waals surface area contributed by atoms with Crippen molar-refractivity contribution in [3.8, 4) is 0 Å². The van der Waals surface area contributed by atoms with Crippen LogP contribution in [0.2, 0.25) is 0 Å². The van der Waals surface area contributed by atoms with E-state index in [0.717, 1.165) is 16.3 Å². The van der Waals surface area contributed by atoms with E-state index in [1.165, 1.54) is 31.4 Å². The zero-order valence-corrected chi connectivity index (χ0v) is 12.4. The van der Waals surface area contributed by atoms with E-state index in [9.17, 15) is 0 Å². The molecule has 0 amide bonds. The first-order valence-corrected chi connectivity index (χ1v) is 7.66. The molecule has 0 bridgehead atoms. The standard InChI is InChI=1S/C12H16Br2N2/c13-8-10-4-2-1-3-7-16(10)12-5-6-15-9-11(12)14/h5-6,9-10H,1-4,7-8H2. The molecule has 2 heterocycles. The molecule has 1 aromatic heterocycles. The Hall–Kier alpha value is -0.0900. The van der Waals surface area contributed by atoms with Crippen LogP contribution in [0, 0.1) is 0 Å². The minimum atomic E-state index is 0.612. The van der Waals surface area contributed by atoms with Gasteiger partial charge in [0.1, 0.15) is 0 Å². The first-order chi connectivity index (χ1) is 7.83. The molecule has 0 spiro atoms. The summed E-state index contributed by atoms with van der Waals surface area (Å²) in [4.78, 5) is 6.64. The molecule has 1 atom stereocenters. The van der Waals surface area contributed by atoms with E-state index < -0.39 is 0 Å². The molecule has 16 heavy (non-hydrogen) atoms. The van der Waals surface area contributed by atoms with Crippen molar-refractivity contribution in [3.63, 3.8) is 0 Å². The summed E-state index contributed by atoms with van der Waals surface area (Å²) >= 11 is 7.23. The maximum Gasteiger partial charge on any atom is 0.0592 e. The highest BCUT2D eigenvalue weighted by molar-refractivity contribution is 9.10. The number of anilines is 1. The van der Waals surface area contributed by atoms with Gasteiger partial charge in [-0.15, -0.1) is 0 Å². The van der Waals surface area contributed by atoms with Gasteiger partial charge >= 0.3 is 0 Å². The SMILES string of the molecule is BrCC1CCCCCN1c1ccncc1Br. The maximum atomic E-state index is 4.13. The van der Waals surface area contributed by atoms with Gasteiger partial charge in [0.05, 0.1) is 10.2 Å². The highest BCUT2D eigenvalue weighted by Crippen LogP contribution is 2.30. The molecule has 1 aliphatic rings. The van der Waals surface area contributed by atoms with Gasteiger partial charge in [0.15, 0.2) is 0 Å². The van der Waals surface area contributed by atoms with Crippen LogP contribution in [0.3, 0.4) is 0 Å². The Morgan fingerprint density at radius 2 is 2.25 bits per heavy atom. The molecule has 1 fully saturated rings. The van der Waals surface area contributed by atoms with Gasteiger partial charge in [0.25, 0.3) is 0 Å². The van der Waals surface area contributed by atoms with Crippen molar-refractivity contribution >= 4 is 37.5 Å². The largest absolute Gasteiger partial charge is 0.367 e. The molecule has 1 saturated heterocycles. The van der Waals surface area contributed by atoms with E-state index in [4.69, 9.17) is 0 Å². The smallest absolute Gasteiger partial charge is 0.0592 e. The van der Waals surface area contributed by atoms with Crippen LogP contribution < -0.4 is 4.90 Å². The summed E-state index contributed by atoms with van der Waals surface area (Å²) in [6.07, 6.45) is 9.01. The number of alkyl halides is 1. The molecule has 88 valence electrons. The van der Waals surface area contributed by atoms with Crippen molar-refractivity contribution in [2.75, 3.05) is 16.8 Å². The van der Waals surface area contributed by atoms with Crippen LogP contribution in [0.1, 0.15) is 25.7 Å². The molecule has 2 nitrogen and oxygen atoms in total. The Labute approximate surface area is 114 Å². The number of halogens is 2. The van der Waals surface area contributed by atoms with Gasteiger partial charge in [-0.3, -0.25) is 4.98 Å². The van der Waals surface area contributed by atoms with Crippen LogP contribution in [0.4, 0.5) is 5.69 Å². The molecule has 2 rings (SSSR count). The monoisotopic (exact) mass is 346 g/mol. The van der Waals surface area contributed by atoms with E-state index in [1.54, 1.807) is 0 Å². The molecule has 0 saturated carbocycles. The van der Waals surface area contributed by atoms with Crippen molar-refractivity contribution in [1.29, 1.82) is 0 Å². The van der Waals surface area contributed by atoms with Crippen molar-refractivity contribution in [1.82, 2.24) is 4.98 Å². The number of aromatic nitrogens is 1. The third kappa shape index (κ3) is 2.77. The van der Waals surface area contributed by atoms with Crippen LogP contribution in [0.5, 0.6) is 0 Å². The quantitative estimate of drug-likeness (QED) is 0.752. The van der Waals surface area contributed by atoms with E-state index in [2.05, 4.69) is 47.8 Å². The average Bonchev–Trinajstić information content (AvgIpc) is 2.54. The summed E-state index contributed by atoms with van der Waals surface area (Å²) in [5.41, 5.74) is 1.28. The highest BCUT2D eigenvalue weighted by Gasteiger charge is 2.21. The predicted octanol–water partition coefficient (Wildman–Crippen LogP) is 3.99. The summed E-state index contributed by atoms with van der Waals surface area (Å²) in [5, 5.41) is 1.04. The number of rotatable bonds is 2. The molecule has 4 heteroatoms. The number of pyridine rings is 1. The molecule has 1 unspecified atom stereocenters. The molecule has 0 aromatic carbocycles. The first kappa shape index (κ1) is 12.4. The normalized spacial score (nSPS) is 21.9. The van der Waals surface area contributed by atoms with Crippen molar-refractivity contribution in [2.45, 2.75) is 31.7 Å². The topological polar surface area (TPSA) is 16.1 Å². The zero-order chi connectivity index (χ0) is 11.4. The minimum Gasteiger partial charge on any atom is -0.367 e. The fourth-order valence-electron chi connectivity index (χ4n) is 2.26. The lowest BCUT2D eigenvalue weighted by Crippen LogP contribution is -2.36. The lowest BCUT2D eigenvalue weighted by Gasteiger charge is -2.31.